The minimum atomic E-state index is -0.0592. The molecule has 12 rings (SSSR count). The largest absolute Gasteiger partial charge is 0.247 e. The predicted molar refractivity (Wildman–Crippen MR) is 254 cm³/mol. The van der Waals surface area contributed by atoms with E-state index in [1.54, 1.807) is 0 Å². The Hall–Kier alpha value is -7.74. The third-order valence-corrected chi connectivity index (χ3v) is 13.0. The van der Waals surface area contributed by atoms with Gasteiger partial charge in [-0.2, -0.15) is 8.75 Å². The van der Waals surface area contributed by atoms with Crippen molar-refractivity contribution in [3.05, 3.63) is 193 Å². The molecular formula is C55H36N6S. The standard InChI is InChI=1S/C55H36N6S/c1-55(2)45-17-8-6-15-41(45)42-28-27-39(32-46(42)55)34-21-25-37(26-22-34)53-57-52(36-11-4-3-5-12-36)58-54(59-53)40-14-10-13-38(31-40)33-19-23-35(24-20-33)50-44-29-30-48-51(61-62-60-48)49(44)43-16-7-9-18-47(43)56-50/h3-32H,1-2H3. The van der Waals surface area contributed by atoms with Crippen molar-refractivity contribution in [2.24, 2.45) is 0 Å². The van der Waals surface area contributed by atoms with Gasteiger partial charge in [0.2, 0.25) is 0 Å². The minimum absolute atomic E-state index is 0.0592. The topological polar surface area (TPSA) is 77.3 Å². The molecule has 1 aliphatic rings. The second kappa shape index (κ2) is 14.2. The summed E-state index contributed by atoms with van der Waals surface area (Å²) in [6.07, 6.45) is 0. The fourth-order valence-electron chi connectivity index (χ4n) is 9.21. The molecule has 0 bridgehead atoms. The molecule has 0 amide bonds. The van der Waals surface area contributed by atoms with E-state index in [-0.39, 0.29) is 5.41 Å². The average Bonchev–Trinajstić information content (AvgIpc) is 3.91. The highest BCUT2D eigenvalue weighted by atomic mass is 32.1. The van der Waals surface area contributed by atoms with Crippen molar-refractivity contribution in [3.8, 4) is 78.8 Å². The number of benzene rings is 8. The first kappa shape index (κ1) is 36.1. The van der Waals surface area contributed by atoms with Crippen LogP contribution in [0.5, 0.6) is 0 Å². The van der Waals surface area contributed by atoms with Crippen LogP contribution in [0.15, 0.2) is 182 Å². The van der Waals surface area contributed by atoms with Crippen molar-refractivity contribution < 1.29 is 0 Å². The number of pyridine rings is 1. The highest BCUT2D eigenvalue weighted by Gasteiger charge is 2.35. The van der Waals surface area contributed by atoms with Crippen molar-refractivity contribution in [3.63, 3.8) is 0 Å². The van der Waals surface area contributed by atoms with Gasteiger partial charge in [0.25, 0.3) is 0 Å². The van der Waals surface area contributed by atoms with E-state index in [1.807, 2.05) is 42.5 Å². The summed E-state index contributed by atoms with van der Waals surface area (Å²) in [5.41, 5.74) is 17.3. The summed E-state index contributed by atoms with van der Waals surface area (Å²) in [4.78, 5) is 20.4. The monoisotopic (exact) mass is 812 g/mol. The van der Waals surface area contributed by atoms with E-state index < -0.39 is 0 Å². The van der Waals surface area contributed by atoms with Gasteiger partial charge in [-0.3, -0.25) is 0 Å². The smallest absolute Gasteiger partial charge is 0.164 e. The quantitative estimate of drug-likeness (QED) is 0.156. The Morgan fingerprint density at radius 3 is 1.74 bits per heavy atom. The predicted octanol–water partition coefficient (Wildman–Crippen LogP) is 13.9. The Balaban J connectivity index is 0.890. The number of para-hydroxylation sites is 1. The van der Waals surface area contributed by atoms with Crippen LogP contribution in [0.25, 0.3) is 112 Å². The van der Waals surface area contributed by atoms with E-state index in [2.05, 4.69) is 162 Å². The lowest BCUT2D eigenvalue weighted by Crippen LogP contribution is -2.14. The molecule has 0 N–H and O–H groups in total. The van der Waals surface area contributed by atoms with E-state index >= 15 is 0 Å². The fourth-order valence-corrected chi connectivity index (χ4v) is 9.75. The second-order valence-electron chi connectivity index (χ2n) is 16.4. The van der Waals surface area contributed by atoms with Gasteiger partial charge in [0, 0.05) is 43.8 Å². The van der Waals surface area contributed by atoms with E-state index in [4.69, 9.17) is 19.9 Å². The van der Waals surface area contributed by atoms with Crippen LogP contribution in [0.3, 0.4) is 0 Å². The number of rotatable bonds is 6. The van der Waals surface area contributed by atoms with E-state index in [0.29, 0.717) is 17.5 Å². The number of hydrogen-bond acceptors (Lipinski definition) is 7. The first-order chi connectivity index (χ1) is 30.5. The summed E-state index contributed by atoms with van der Waals surface area (Å²) < 4.78 is 9.21. The maximum absolute atomic E-state index is 5.16. The third kappa shape index (κ3) is 5.92. The van der Waals surface area contributed by atoms with Gasteiger partial charge in [0.05, 0.1) is 22.9 Å². The van der Waals surface area contributed by atoms with Gasteiger partial charge < -0.3 is 0 Å². The van der Waals surface area contributed by atoms with Crippen LogP contribution in [-0.2, 0) is 5.41 Å². The Labute approximate surface area is 362 Å². The maximum atomic E-state index is 5.16. The van der Waals surface area contributed by atoms with Gasteiger partial charge in [-0.15, -0.1) is 0 Å². The molecule has 6 nitrogen and oxygen atoms in total. The van der Waals surface area contributed by atoms with Gasteiger partial charge in [0.1, 0.15) is 11.0 Å². The molecule has 11 aromatic rings. The molecule has 0 saturated heterocycles. The van der Waals surface area contributed by atoms with Crippen LogP contribution >= 0.6 is 11.7 Å². The average molecular weight is 813 g/mol. The molecule has 62 heavy (non-hydrogen) atoms. The van der Waals surface area contributed by atoms with Crippen LogP contribution in [0, 0.1) is 0 Å². The molecule has 8 aromatic carbocycles. The molecule has 0 radical (unpaired) electrons. The Morgan fingerprint density at radius 2 is 0.952 bits per heavy atom. The second-order valence-corrected chi connectivity index (χ2v) is 17.0. The lowest BCUT2D eigenvalue weighted by atomic mass is 9.81. The van der Waals surface area contributed by atoms with E-state index in [0.717, 1.165) is 77.3 Å². The van der Waals surface area contributed by atoms with Crippen molar-refractivity contribution in [2.45, 2.75) is 19.3 Å². The van der Waals surface area contributed by atoms with Crippen LogP contribution in [0.2, 0.25) is 0 Å². The minimum Gasteiger partial charge on any atom is -0.247 e. The lowest BCUT2D eigenvalue weighted by Gasteiger charge is -2.22. The van der Waals surface area contributed by atoms with Crippen LogP contribution in [0.4, 0.5) is 0 Å². The summed E-state index contributed by atoms with van der Waals surface area (Å²) in [5, 5.41) is 3.23. The highest BCUT2D eigenvalue weighted by molar-refractivity contribution is 7.00. The lowest BCUT2D eigenvalue weighted by molar-refractivity contribution is 0.660. The molecule has 0 saturated carbocycles. The first-order valence-corrected chi connectivity index (χ1v) is 21.5. The SMILES string of the molecule is CC1(C)c2ccccc2-c2ccc(-c3ccc(-c4nc(-c5ccccc5)nc(-c5cccc(-c6ccc(-c7nc8ccccc8c8c7ccc7nsnc78)cc6)c5)n4)cc3)cc21. The Bertz CT molecular complexity index is 3540. The van der Waals surface area contributed by atoms with Crippen molar-refractivity contribution in [2.75, 3.05) is 0 Å². The third-order valence-electron chi connectivity index (χ3n) is 12.4. The van der Waals surface area contributed by atoms with E-state index in [1.165, 1.54) is 39.5 Å². The van der Waals surface area contributed by atoms with Crippen LogP contribution in [0.1, 0.15) is 25.0 Å². The molecule has 7 heteroatoms. The Morgan fingerprint density at radius 1 is 0.371 bits per heavy atom. The van der Waals surface area contributed by atoms with Crippen molar-refractivity contribution >= 4 is 44.4 Å². The van der Waals surface area contributed by atoms with Gasteiger partial charge in [-0.25, -0.2) is 19.9 Å². The molecule has 0 unspecified atom stereocenters. The Kier molecular flexibility index (Phi) is 8.27. The van der Waals surface area contributed by atoms with Gasteiger partial charge in [-0.1, -0.05) is 166 Å². The zero-order valence-corrected chi connectivity index (χ0v) is 34.7. The molecule has 1 aliphatic carbocycles. The van der Waals surface area contributed by atoms with Gasteiger partial charge in [-0.05, 0) is 74.8 Å². The molecule has 0 fully saturated rings. The summed E-state index contributed by atoms with van der Waals surface area (Å²) in [6, 6.07) is 63.9. The zero-order valence-electron chi connectivity index (χ0n) is 33.9. The van der Waals surface area contributed by atoms with Gasteiger partial charge in [0.15, 0.2) is 17.5 Å². The molecular weight excluding hydrogens is 777 g/mol. The summed E-state index contributed by atoms with van der Waals surface area (Å²) >= 11 is 1.24. The fraction of sp³-hybridized carbons (Fsp3) is 0.0545. The summed E-state index contributed by atoms with van der Waals surface area (Å²) in [7, 11) is 0. The number of aromatic nitrogens is 6. The number of fused-ring (bicyclic) bond motifs is 8. The molecule has 3 heterocycles. The zero-order chi connectivity index (χ0) is 41.4. The molecule has 0 aliphatic heterocycles. The highest BCUT2D eigenvalue weighted by Crippen LogP contribution is 2.49. The first-order valence-electron chi connectivity index (χ1n) is 20.8. The van der Waals surface area contributed by atoms with E-state index in [9.17, 15) is 0 Å². The summed E-state index contributed by atoms with van der Waals surface area (Å²) in [5.74, 6) is 1.87. The molecule has 0 spiro atoms. The summed E-state index contributed by atoms with van der Waals surface area (Å²) in [6.45, 7) is 4.65. The molecule has 3 aromatic heterocycles. The number of nitrogens with zero attached hydrogens (tertiary/aromatic N) is 6. The van der Waals surface area contributed by atoms with Gasteiger partial charge >= 0.3 is 0 Å². The molecule has 292 valence electrons. The maximum Gasteiger partial charge on any atom is 0.164 e. The number of hydrogen-bond donors (Lipinski definition) is 0. The van der Waals surface area contributed by atoms with Crippen LogP contribution in [-0.4, -0.2) is 28.7 Å². The van der Waals surface area contributed by atoms with Crippen LogP contribution < -0.4 is 0 Å². The van der Waals surface area contributed by atoms with Crippen molar-refractivity contribution in [1.82, 2.24) is 28.7 Å². The molecule has 0 atom stereocenters. The van der Waals surface area contributed by atoms with Crippen molar-refractivity contribution in [1.29, 1.82) is 0 Å². The normalized spacial score (nSPS) is 12.8.